The zero-order chi connectivity index (χ0) is 39.3. The van der Waals surface area contributed by atoms with E-state index in [1.54, 1.807) is 48.5 Å². The Kier molecular flexibility index (Phi) is 19.1. The van der Waals surface area contributed by atoms with Crippen LogP contribution in [-0.4, -0.2) is 88.5 Å². The number of carboxylic acids is 2. The number of nitrogens with zero attached hydrogens (tertiary/aromatic N) is 3. The maximum absolute atomic E-state index is 11.3. The summed E-state index contributed by atoms with van der Waals surface area (Å²) in [5, 5.41) is 34.6. The largest absolute Gasteiger partial charge is 0.480 e. The van der Waals surface area contributed by atoms with Gasteiger partial charge in [0.2, 0.25) is 0 Å². The van der Waals surface area contributed by atoms with Gasteiger partial charge in [0.1, 0.15) is 12.1 Å². The number of aliphatic carboxylic acids is 2. The number of carboxylic acid groups (broad SMARTS) is 2. The third-order valence-corrected chi connectivity index (χ3v) is 10.7. The number of benzene rings is 2. The Balaban J connectivity index is 0.000000345. The van der Waals surface area contributed by atoms with Gasteiger partial charge in [0.15, 0.2) is 10.3 Å². The van der Waals surface area contributed by atoms with Crippen LogP contribution in [-0.2, 0) is 22.4 Å². The second-order valence-electron chi connectivity index (χ2n) is 12.6. The third kappa shape index (κ3) is 13.9. The molecule has 17 heteroatoms. The molecule has 0 bridgehead atoms. The number of nitrogens with one attached hydrogen (secondary N) is 2. The van der Waals surface area contributed by atoms with Gasteiger partial charge < -0.3 is 31.7 Å². The molecule has 0 aliphatic heterocycles. The molecule has 0 aliphatic rings. The average molecular weight is 837 g/mol. The lowest BCUT2D eigenvalue weighted by Gasteiger charge is -2.19. The summed E-state index contributed by atoms with van der Waals surface area (Å²) in [6.07, 6.45) is 1.74. The van der Waals surface area contributed by atoms with Gasteiger partial charge in [-0.1, -0.05) is 86.2 Å². The fraction of sp³-hybridized carbons (Fsp3) is 0.429. The zero-order valence-electron chi connectivity index (χ0n) is 30.0. The number of thiazole rings is 2. The number of aliphatic hydroxyl groups excluding tert-OH is 1. The van der Waals surface area contributed by atoms with Crippen molar-refractivity contribution in [1.82, 2.24) is 14.9 Å². The summed E-state index contributed by atoms with van der Waals surface area (Å²) in [5.74, 6) is -0.989. The molecule has 0 amide bonds. The Bertz CT molecular complexity index is 1770. The molecule has 0 fully saturated rings. The molecular weight excluding hydrogens is 790 g/mol. The van der Waals surface area contributed by atoms with Crippen LogP contribution in [0.4, 0.5) is 10.3 Å². The Hall–Kier alpha value is -2.72. The van der Waals surface area contributed by atoms with E-state index in [0.29, 0.717) is 42.2 Å². The molecule has 4 aromatic rings. The van der Waals surface area contributed by atoms with Gasteiger partial charge in [-0.15, -0.1) is 22.7 Å². The molecule has 2 atom stereocenters. The quantitative estimate of drug-likeness (QED) is 0.0678. The van der Waals surface area contributed by atoms with E-state index in [9.17, 15) is 14.7 Å². The van der Waals surface area contributed by atoms with E-state index in [4.69, 9.17) is 62.4 Å². The van der Waals surface area contributed by atoms with Crippen LogP contribution in [0.1, 0.15) is 37.4 Å². The summed E-state index contributed by atoms with van der Waals surface area (Å²) in [6.45, 7) is 8.95. The van der Waals surface area contributed by atoms with Crippen molar-refractivity contribution in [3.63, 3.8) is 0 Å². The fourth-order valence-electron chi connectivity index (χ4n) is 4.57. The monoisotopic (exact) mass is 834 g/mol. The number of nitrogens with two attached hydrogens (primary N) is 1. The van der Waals surface area contributed by atoms with Crippen molar-refractivity contribution >= 4 is 91.3 Å². The molecule has 0 radical (unpaired) electrons. The third-order valence-electron chi connectivity index (χ3n) is 7.11. The van der Waals surface area contributed by atoms with Crippen LogP contribution >= 0.6 is 69.1 Å². The predicted octanol–water partition coefficient (Wildman–Crippen LogP) is 8.49. The second-order valence-corrected chi connectivity index (χ2v) is 16.4. The van der Waals surface area contributed by atoms with Crippen LogP contribution in [0.15, 0.2) is 36.4 Å². The van der Waals surface area contributed by atoms with Crippen molar-refractivity contribution in [2.45, 2.75) is 52.6 Å². The van der Waals surface area contributed by atoms with Gasteiger partial charge in [-0.2, -0.15) is 0 Å². The summed E-state index contributed by atoms with van der Waals surface area (Å²) >= 11 is 27.3. The summed E-state index contributed by atoms with van der Waals surface area (Å²) in [6, 6.07) is 9.28. The molecule has 0 spiro atoms. The number of aliphatic hydroxyl groups is 1. The number of carbonyl (C=O) groups is 2. The topological polar surface area (TPSA) is 174 Å². The van der Waals surface area contributed by atoms with Crippen molar-refractivity contribution in [3.8, 4) is 22.5 Å². The molecule has 0 saturated carbocycles. The molecule has 286 valence electrons. The van der Waals surface area contributed by atoms with Crippen LogP contribution in [0, 0.1) is 11.8 Å². The highest BCUT2D eigenvalue weighted by Crippen LogP contribution is 2.37. The first-order chi connectivity index (χ1) is 24.5. The van der Waals surface area contributed by atoms with Gasteiger partial charge in [-0.3, -0.25) is 14.5 Å². The Morgan fingerprint density at radius 3 is 1.46 bits per heavy atom. The van der Waals surface area contributed by atoms with Gasteiger partial charge in [0.25, 0.3) is 0 Å². The Labute approximate surface area is 333 Å². The number of hydrogen-bond acceptors (Lipinski definition) is 11. The maximum Gasteiger partial charge on any atom is 0.322 e. The van der Waals surface area contributed by atoms with Crippen molar-refractivity contribution in [2.24, 2.45) is 17.6 Å². The van der Waals surface area contributed by atoms with Gasteiger partial charge in [0, 0.05) is 41.1 Å². The second kappa shape index (κ2) is 21.9. The van der Waals surface area contributed by atoms with E-state index in [1.165, 1.54) is 11.3 Å². The molecule has 2 aromatic carbocycles. The van der Waals surface area contributed by atoms with Crippen molar-refractivity contribution in [1.29, 1.82) is 0 Å². The van der Waals surface area contributed by atoms with Crippen LogP contribution in [0.2, 0.25) is 20.1 Å². The van der Waals surface area contributed by atoms with E-state index < -0.39 is 24.0 Å². The molecule has 2 heterocycles. The first kappa shape index (κ1) is 45.4. The zero-order valence-corrected chi connectivity index (χ0v) is 34.7. The SMILES string of the molecule is CC(C)Cc1sc(NCC(C(=O)O)N(C)C)nc1-c1ccc(Cl)c(Cl)c1.CC(C)Cc1sc(NCC(N)C(=O)O)nc1-c1ccc(Cl)c(Cl)c1.CO. The molecule has 0 aliphatic carbocycles. The minimum absolute atomic E-state index is 0.116. The normalized spacial score (nSPS) is 12.2. The number of likely N-dealkylation sites (N-methyl/N-ethyl adjacent to an activating group) is 1. The first-order valence-corrected chi connectivity index (χ1v) is 19.3. The van der Waals surface area contributed by atoms with Crippen molar-refractivity contribution < 1.29 is 24.9 Å². The van der Waals surface area contributed by atoms with E-state index >= 15 is 0 Å². The summed E-state index contributed by atoms with van der Waals surface area (Å²) in [5.41, 5.74) is 9.00. The smallest absolute Gasteiger partial charge is 0.322 e. The van der Waals surface area contributed by atoms with Gasteiger partial charge in [0.05, 0.1) is 31.5 Å². The summed E-state index contributed by atoms with van der Waals surface area (Å²) in [4.78, 5) is 35.4. The lowest BCUT2D eigenvalue weighted by atomic mass is 10.0. The Morgan fingerprint density at radius 1 is 0.731 bits per heavy atom. The van der Waals surface area contributed by atoms with E-state index in [-0.39, 0.29) is 13.1 Å². The molecule has 52 heavy (non-hydrogen) atoms. The lowest BCUT2D eigenvalue weighted by molar-refractivity contribution is -0.142. The maximum atomic E-state index is 11.3. The van der Waals surface area contributed by atoms with Crippen LogP contribution in [0.3, 0.4) is 0 Å². The van der Waals surface area contributed by atoms with Crippen LogP contribution < -0.4 is 16.4 Å². The number of hydrogen-bond donors (Lipinski definition) is 6. The lowest BCUT2D eigenvalue weighted by Crippen LogP contribution is -2.41. The van der Waals surface area contributed by atoms with E-state index in [1.807, 2.05) is 18.2 Å². The highest BCUT2D eigenvalue weighted by Gasteiger charge is 2.22. The molecule has 2 aromatic heterocycles. The molecule has 7 N–H and O–H groups in total. The van der Waals surface area contributed by atoms with Crippen LogP contribution in [0.25, 0.3) is 22.5 Å². The number of aromatic nitrogens is 2. The standard InChI is InChI=1S/C18H23Cl2N3O2S.C16H19Cl2N3O2S.CH4O/c1-10(2)7-15-16(11-5-6-12(19)13(20)8-11)22-18(26-15)21-9-14(17(24)25)23(3)4;1-8(2)5-13-14(9-3-4-10(17)11(18)6-9)21-16(24-13)20-7-12(19)15(22)23;1-2/h5-6,8,10,14H,7,9H2,1-4H3,(H,21,22)(H,24,25);3-4,6,8,12H,5,7,19H2,1-2H3,(H,20,21)(H,22,23);2H,1H3. The van der Waals surface area contributed by atoms with Crippen LogP contribution in [0.5, 0.6) is 0 Å². The minimum atomic E-state index is -1.05. The highest BCUT2D eigenvalue weighted by molar-refractivity contribution is 7.16. The van der Waals surface area contributed by atoms with E-state index in [0.717, 1.165) is 52.2 Å². The van der Waals surface area contributed by atoms with Gasteiger partial charge in [-0.25, -0.2) is 9.97 Å². The molecule has 4 rings (SSSR count). The highest BCUT2D eigenvalue weighted by atomic mass is 35.5. The Morgan fingerprint density at radius 2 is 1.13 bits per heavy atom. The molecular formula is C35H46Cl4N6O5S2. The number of rotatable bonds is 15. The fourth-order valence-corrected chi connectivity index (χ4v) is 7.57. The van der Waals surface area contributed by atoms with Crippen molar-refractivity contribution in [2.75, 3.05) is 44.9 Å². The molecule has 2 unspecified atom stereocenters. The predicted molar refractivity (Wildman–Crippen MR) is 218 cm³/mol. The van der Waals surface area contributed by atoms with E-state index in [2.05, 4.69) is 48.3 Å². The van der Waals surface area contributed by atoms with Gasteiger partial charge in [-0.05, 0) is 63.0 Å². The summed E-state index contributed by atoms with van der Waals surface area (Å²) in [7, 11) is 4.49. The number of anilines is 2. The molecule has 0 saturated heterocycles. The summed E-state index contributed by atoms with van der Waals surface area (Å²) < 4.78 is 0. The minimum Gasteiger partial charge on any atom is -0.480 e. The molecule has 11 nitrogen and oxygen atoms in total. The number of halogens is 4. The van der Waals surface area contributed by atoms with Crippen molar-refractivity contribution in [3.05, 3.63) is 66.2 Å². The first-order valence-electron chi connectivity index (χ1n) is 16.2. The average Bonchev–Trinajstić information content (AvgIpc) is 3.66. The van der Waals surface area contributed by atoms with Gasteiger partial charge >= 0.3 is 11.9 Å².